The van der Waals surface area contributed by atoms with E-state index < -0.39 is 11.7 Å². The number of hydrogen-bond donors (Lipinski definition) is 0. The molecule has 2 atom stereocenters. The number of rotatable bonds is 3. The summed E-state index contributed by atoms with van der Waals surface area (Å²) in [7, 11) is 0. The van der Waals surface area contributed by atoms with Gasteiger partial charge in [-0.1, -0.05) is 30.3 Å². The summed E-state index contributed by atoms with van der Waals surface area (Å²) in [6, 6.07) is 9.24. The highest BCUT2D eigenvalue weighted by atomic mass is 16.6. The normalized spacial score (nSPS) is 21.1. The Balaban J connectivity index is 2.28. The lowest BCUT2D eigenvalue weighted by molar-refractivity contribution is -0.148. The van der Waals surface area contributed by atoms with Gasteiger partial charge in [-0.25, -0.2) is 4.79 Å². The topological polar surface area (TPSA) is 55.8 Å². The maximum absolute atomic E-state index is 12.5. The first kappa shape index (κ1) is 17.3. The van der Waals surface area contributed by atoms with Gasteiger partial charge in [-0.05, 0) is 39.7 Å². The number of carbonyl (C=O) groups is 2. The molecule has 5 heteroatoms. The molecule has 1 aliphatic heterocycles. The number of hydrogen-bond acceptors (Lipinski definition) is 4. The number of amides is 1. The molecule has 2 rings (SSSR count). The van der Waals surface area contributed by atoms with Crippen molar-refractivity contribution in [3.05, 3.63) is 35.9 Å². The SMILES string of the molecule is CCOC(=O)[C@@H]1CCN(C(=O)OC(C)(C)C)[C@H]1c1ccccc1. The Labute approximate surface area is 137 Å². The minimum absolute atomic E-state index is 0.257. The summed E-state index contributed by atoms with van der Waals surface area (Å²) in [6.07, 6.45) is 0.190. The van der Waals surface area contributed by atoms with E-state index >= 15 is 0 Å². The lowest BCUT2D eigenvalue weighted by atomic mass is 9.94. The lowest BCUT2D eigenvalue weighted by Crippen LogP contribution is -2.38. The molecule has 1 saturated heterocycles. The van der Waals surface area contributed by atoms with E-state index in [0.29, 0.717) is 19.6 Å². The zero-order valence-corrected chi connectivity index (χ0v) is 14.2. The van der Waals surface area contributed by atoms with E-state index in [-0.39, 0.29) is 17.9 Å². The quantitative estimate of drug-likeness (QED) is 0.800. The van der Waals surface area contributed by atoms with Crippen molar-refractivity contribution in [1.29, 1.82) is 0 Å². The second kappa shape index (κ2) is 7.02. The number of ether oxygens (including phenoxy) is 2. The van der Waals surface area contributed by atoms with Crippen molar-refractivity contribution in [3.8, 4) is 0 Å². The van der Waals surface area contributed by atoms with E-state index in [1.54, 1.807) is 11.8 Å². The standard InChI is InChI=1S/C18H25NO4/c1-5-22-16(20)14-11-12-19(17(21)23-18(2,3)4)15(14)13-9-7-6-8-10-13/h6-10,14-15H,5,11-12H2,1-4H3/t14-,15+/m1/s1. The van der Waals surface area contributed by atoms with Crippen molar-refractivity contribution in [2.75, 3.05) is 13.2 Å². The molecule has 1 aromatic carbocycles. The summed E-state index contributed by atoms with van der Waals surface area (Å²) in [5.41, 5.74) is 0.356. The van der Waals surface area contributed by atoms with Crippen LogP contribution in [0.1, 0.15) is 45.7 Å². The predicted molar refractivity (Wildman–Crippen MR) is 86.9 cm³/mol. The summed E-state index contributed by atoms with van der Waals surface area (Å²) in [5.74, 6) is -0.614. The van der Waals surface area contributed by atoms with Gasteiger partial charge in [0.25, 0.3) is 0 Å². The Morgan fingerprint density at radius 1 is 1.22 bits per heavy atom. The molecule has 0 radical (unpaired) electrons. The molecule has 0 saturated carbocycles. The third-order valence-corrected chi connectivity index (χ3v) is 3.76. The van der Waals surface area contributed by atoms with Crippen molar-refractivity contribution >= 4 is 12.1 Å². The van der Waals surface area contributed by atoms with Crippen LogP contribution in [0.3, 0.4) is 0 Å². The molecule has 0 bridgehead atoms. The Morgan fingerprint density at radius 3 is 2.43 bits per heavy atom. The summed E-state index contributed by atoms with van der Waals surface area (Å²) in [6.45, 7) is 8.11. The second-order valence-electron chi connectivity index (χ2n) is 6.68. The molecule has 0 N–H and O–H groups in total. The first-order valence-electron chi connectivity index (χ1n) is 8.04. The summed E-state index contributed by atoms with van der Waals surface area (Å²) in [5, 5.41) is 0. The molecule has 1 aliphatic rings. The van der Waals surface area contributed by atoms with Crippen LogP contribution in [0, 0.1) is 5.92 Å². The molecular formula is C18H25NO4. The van der Waals surface area contributed by atoms with Crippen LogP contribution in [0.25, 0.3) is 0 Å². The fourth-order valence-corrected chi connectivity index (χ4v) is 2.88. The smallest absolute Gasteiger partial charge is 0.410 e. The molecule has 0 aliphatic carbocycles. The van der Waals surface area contributed by atoms with Gasteiger partial charge in [-0.2, -0.15) is 0 Å². The van der Waals surface area contributed by atoms with Crippen LogP contribution >= 0.6 is 0 Å². The summed E-state index contributed by atoms with van der Waals surface area (Å²) < 4.78 is 10.7. The Bertz CT molecular complexity index is 550. The lowest BCUT2D eigenvalue weighted by Gasteiger charge is -2.30. The third kappa shape index (κ3) is 4.24. The second-order valence-corrected chi connectivity index (χ2v) is 6.68. The van der Waals surface area contributed by atoms with Crippen molar-refractivity contribution in [1.82, 2.24) is 4.90 Å². The van der Waals surface area contributed by atoms with Gasteiger partial charge in [-0.3, -0.25) is 4.79 Å². The molecular weight excluding hydrogens is 294 g/mol. The molecule has 1 aromatic rings. The van der Waals surface area contributed by atoms with Crippen molar-refractivity contribution < 1.29 is 19.1 Å². The molecule has 1 fully saturated rings. The van der Waals surface area contributed by atoms with Gasteiger partial charge < -0.3 is 14.4 Å². The molecule has 23 heavy (non-hydrogen) atoms. The van der Waals surface area contributed by atoms with Crippen LogP contribution in [-0.4, -0.2) is 35.7 Å². The van der Waals surface area contributed by atoms with Gasteiger partial charge in [0.15, 0.2) is 0 Å². The summed E-state index contributed by atoms with van der Waals surface area (Å²) in [4.78, 5) is 26.4. The zero-order valence-electron chi connectivity index (χ0n) is 14.2. The average Bonchev–Trinajstić information content (AvgIpc) is 2.91. The van der Waals surface area contributed by atoms with Crippen molar-refractivity contribution in [2.45, 2.75) is 45.8 Å². The van der Waals surface area contributed by atoms with E-state index in [1.165, 1.54) is 0 Å². The maximum Gasteiger partial charge on any atom is 0.410 e. The third-order valence-electron chi connectivity index (χ3n) is 3.76. The van der Waals surface area contributed by atoms with Gasteiger partial charge in [0.2, 0.25) is 0 Å². The van der Waals surface area contributed by atoms with Crippen LogP contribution in [0.5, 0.6) is 0 Å². The minimum atomic E-state index is -0.569. The van der Waals surface area contributed by atoms with Crippen LogP contribution in [0.4, 0.5) is 4.79 Å². The van der Waals surface area contributed by atoms with Gasteiger partial charge >= 0.3 is 12.1 Å². The number of nitrogens with zero attached hydrogens (tertiary/aromatic N) is 1. The van der Waals surface area contributed by atoms with Gasteiger partial charge in [0, 0.05) is 6.54 Å². The van der Waals surface area contributed by atoms with Crippen LogP contribution in [0.2, 0.25) is 0 Å². The summed E-state index contributed by atoms with van der Waals surface area (Å²) >= 11 is 0. The van der Waals surface area contributed by atoms with E-state index in [1.807, 2.05) is 51.1 Å². The number of esters is 1. The fraction of sp³-hybridized carbons (Fsp3) is 0.556. The average molecular weight is 319 g/mol. The van der Waals surface area contributed by atoms with Crippen LogP contribution in [0.15, 0.2) is 30.3 Å². The monoisotopic (exact) mass is 319 g/mol. The highest BCUT2D eigenvalue weighted by molar-refractivity contribution is 5.77. The molecule has 0 unspecified atom stereocenters. The maximum atomic E-state index is 12.5. The number of carbonyl (C=O) groups excluding carboxylic acids is 2. The highest BCUT2D eigenvalue weighted by Gasteiger charge is 2.44. The van der Waals surface area contributed by atoms with Crippen LogP contribution in [-0.2, 0) is 14.3 Å². The van der Waals surface area contributed by atoms with E-state index in [9.17, 15) is 9.59 Å². The van der Waals surface area contributed by atoms with Gasteiger partial charge in [-0.15, -0.1) is 0 Å². The molecule has 126 valence electrons. The number of likely N-dealkylation sites (tertiary alicyclic amines) is 1. The highest BCUT2D eigenvalue weighted by Crippen LogP contribution is 2.38. The molecule has 5 nitrogen and oxygen atoms in total. The Hall–Kier alpha value is -2.04. The van der Waals surface area contributed by atoms with Gasteiger partial charge in [0.05, 0.1) is 18.6 Å². The predicted octanol–water partition coefficient (Wildman–Crippen LogP) is 3.55. The molecule has 0 aromatic heterocycles. The zero-order chi connectivity index (χ0) is 17.0. The molecule has 0 spiro atoms. The van der Waals surface area contributed by atoms with Crippen molar-refractivity contribution in [2.24, 2.45) is 5.92 Å². The first-order valence-corrected chi connectivity index (χ1v) is 8.04. The number of benzene rings is 1. The van der Waals surface area contributed by atoms with E-state index in [4.69, 9.17) is 9.47 Å². The van der Waals surface area contributed by atoms with Crippen molar-refractivity contribution in [3.63, 3.8) is 0 Å². The minimum Gasteiger partial charge on any atom is -0.466 e. The Kier molecular flexibility index (Phi) is 5.29. The first-order chi connectivity index (χ1) is 10.8. The molecule has 1 amide bonds. The fourth-order valence-electron chi connectivity index (χ4n) is 2.88. The molecule has 1 heterocycles. The van der Waals surface area contributed by atoms with E-state index in [0.717, 1.165) is 5.56 Å². The van der Waals surface area contributed by atoms with E-state index in [2.05, 4.69) is 0 Å². The van der Waals surface area contributed by atoms with Crippen LogP contribution < -0.4 is 0 Å². The Morgan fingerprint density at radius 2 is 1.87 bits per heavy atom. The largest absolute Gasteiger partial charge is 0.466 e. The van der Waals surface area contributed by atoms with Gasteiger partial charge in [0.1, 0.15) is 5.60 Å².